The highest BCUT2D eigenvalue weighted by atomic mass is 16.2. The SMILES string of the molecule is O=C(c1ccc(-c2ccccc2)cc1)N(c1ccccc1)[C@@H]1C[C@@H]1NCC1CC1. The number of nitrogens with zero attached hydrogens (tertiary/aromatic N) is 1. The fourth-order valence-corrected chi connectivity index (χ4v) is 3.95. The van der Waals surface area contributed by atoms with Gasteiger partial charge < -0.3 is 10.2 Å². The first kappa shape index (κ1) is 18.1. The van der Waals surface area contributed by atoms with Crippen LogP contribution in [-0.4, -0.2) is 24.5 Å². The average molecular weight is 383 g/mol. The summed E-state index contributed by atoms with van der Waals surface area (Å²) < 4.78 is 0. The second-order valence-corrected chi connectivity index (χ2v) is 8.22. The first-order chi connectivity index (χ1) is 14.3. The van der Waals surface area contributed by atoms with Crippen LogP contribution in [0.1, 0.15) is 29.6 Å². The number of amides is 1. The van der Waals surface area contributed by atoms with Crippen molar-refractivity contribution >= 4 is 11.6 Å². The molecule has 2 aliphatic carbocycles. The predicted molar refractivity (Wildman–Crippen MR) is 118 cm³/mol. The molecule has 3 aromatic carbocycles. The van der Waals surface area contributed by atoms with Crippen LogP contribution in [0.4, 0.5) is 5.69 Å². The summed E-state index contributed by atoms with van der Waals surface area (Å²) in [5.74, 6) is 0.930. The Hall–Kier alpha value is -2.91. The van der Waals surface area contributed by atoms with Crippen molar-refractivity contribution in [1.82, 2.24) is 5.32 Å². The normalized spacial score (nSPS) is 20.3. The maximum atomic E-state index is 13.5. The van der Waals surface area contributed by atoms with E-state index in [-0.39, 0.29) is 11.9 Å². The number of nitrogens with one attached hydrogen (secondary N) is 1. The van der Waals surface area contributed by atoms with Crippen LogP contribution < -0.4 is 10.2 Å². The summed E-state index contributed by atoms with van der Waals surface area (Å²) in [5, 5.41) is 3.66. The number of anilines is 1. The lowest BCUT2D eigenvalue weighted by Gasteiger charge is -2.24. The second-order valence-electron chi connectivity index (χ2n) is 8.22. The summed E-state index contributed by atoms with van der Waals surface area (Å²) in [7, 11) is 0. The molecule has 0 heterocycles. The summed E-state index contributed by atoms with van der Waals surface area (Å²) in [6.07, 6.45) is 3.72. The number of hydrogen-bond acceptors (Lipinski definition) is 2. The molecule has 146 valence electrons. The van der Waals surface area contributed by atoms with Gasteiger partial charge in [-0.25, -0.2) is 0 Å². The first-order valence-corrected chi connectivity index (χ1v) is 10.6. The Morgan fingerprint density at radius 1 is 0.828 bits per heavy atom. The fraction of sp³-hybridized carbons (Fsp3) is 0.269. The van der Waals surface area contributed by atoms with Crippen molar-refractivity contribution in [2.24, 2.45) is 5.92 Å². The zero-order valence-corrected chi connectivity index (χ0v) is 16.5. The molecule has 1 N–H and O–H groups in total. The van der Waals surface area contributed by atoms with E-state index >= 15 is 0 Å². The van der Waals surface area contributed by atoms with Crippen LogP contribution in [0.2, 0.25) is 0 Å². The van der Waals surface area contributed by atoms with E-state index in [1.54, 1.807) is 0 Å². The molecule has 0 saturated heterocycles. The van der Waals surface area contributed by atoms with Gasteiger partial charge in [0, 0.05) is 17.3 Å². The van der Waals surface area contributed by atoms with Gasteiger partial charge in [-0.3, -0.25) is 4.79 Å². The molecule has 0 radical (unpaired) electrons. The van der Waals surface area contributed by atoms with E-state index in [0.29, 0.717) is 6.04 Å². The minimum absolute atomic E-state index is 0.0801. The van der Waals surface area contributed by atoms with E-state index in [1.807, 2.05) is 77.7 Å². The van der Waals surface area contributed by atoms with Crippen LogP contribution in [0, 0.1) is 5.92 Å². The molecule has 0 aromatic heterocycles. The minimum Gasteiger partial charge on any atom is -0.312 e. The summed E-state index contributed by atoms with van der Waals surface area (Å²) in [5.41, 5.74) is 4.01. The maximum absolute atomic E-state index is 13.5. The van der Waals surface area contributed by atoms with Crippen molar-refractivity contribution in [2.45, 2.75) is 31.3 Å². The Balaban J connectivity index is 1.36. The Morgan fingerprint density at radius 3 is 2.10 bits per heavy atom. The van der Waals surface area contributed by atoms with Crippen molar-refractivity contribution in [2.75, 3.05) is 11.4 Å². The molecule has 3 nitrogen and oxygen atoms in total. The number of carbonyl (C=O) groups excluding carboxylic acids is 1. The molecule has 0 bridgehead atoms. The summed E-state index contributed by atoms with van der Waals surface area (Å²) in [4.78, 5) is 15.5. The van der Waals surface area contributed by atoms with Crippen molar-refractivity contribution in [3.8, 4) is 11.1 Å². The highest BCUT2D eigenvalue weighted by molar-refractivity contribution is 6.07. The van der Waals surface area contributed by atoms with Crippen molar-refractivity contribution in [1.29, 1.82) is 0 Å². The third-order valence-corrected chi connectivity index (χ3v) is 5.95. The highest BCUT2D eigenvalue weighted by Gasteiger charge is 2.45. The smallest absolute Gasteiger partial charge is 0.258 e. The molecular weight excluding hydrogens is 356 g/mol. The number of para-hydroxylation sites is 1. The predicted octanol–water partition coefficient (Wildman–Crippen LogP) is 5.14. The van der Waals surface area contributed by atoms with Crippen molar-refractivity contribution in [3.63, 3.8) is 0 Å². The van der Waals surface area contributed by atoms with E-state index in [0.717, 1.165) is 41.3 Å². The van der Waals surface area contributed by atoms with E-state index in [4.69, 9.17) is 0 Å². The van der Waals surface area contributed by atoms with Crippen LogP contribution in [-0.2, 0) is 0 Å². The molecule has 3 heteroatoms. The van der Waals surface area contributed by atoms with Crippen molar-refractivity contribution < 1.29 is 4.79 Å². The van der Waals surface area contributed by atoms with Gasteiger partial charge >= 0.3 is 0 Å². The molecule has 2 aliphatic rings. The standard InChI is InChI=1S/C26H26N2O/c29-26(22-15-13-21(14-16-22)20-7-3-1-4-8-20)28(23-9-5-2-6-10-23)25-17-24(25)27-18-19-11-12-19/h1-10,13-16,19,24-25,27H,11-12,17-18H2/t24-,25+/m0/s1. The molecule has 3 aromatic rings. The zero-order valence-electron chi connectivity index (χ0n) is 16.5. The second kappa shape index (κ2) is 7.84. The molecule has 0 unspecified atom stereocenters. The maximum Gasteiger partial charge on any atom is 0.258 e. The van der Waals surface area contributed by atoms with Gasteiger partial charge in [-0.1, -0.05) is 60.7 Å². The molecular formula is C26H26N2O. The molecule has 2 fully saturated rings. The lowest BCUT2D eigenvalue weighted by Crippen LogP contribution is -2.37. The number of benzene rings is 3. The number of rotatable bonds is 7. The molecule has 2 saturated carbocycles. The number of hydrogen-bond donors (Lipinski definition) is 1. The molecule has 1 amide bonds. The van der Waals surface area contributed by atoms with Gasteiger partial charge in [0.1, 0.15) is 0 Å². The van der Waals surface area contributed by atoms with Gasteiger partial charge in [0.05, 0.1) is 6.04 Å². The van der Waals surface area contributed by atoms with E-state index in [2.05, 4.69) is 17.4 Å². The van der Waals surface area contributed by atoms with E-state index < -0.39 is 0 Å². The van der Waals surface area contributed by atoms with Crippen LogP contribution in [0.5, 0.6) is 0 Å². The zero-order chi connectivity index (χ0) is 19.6. The van der Waals surface area contributed by atoms with Gasteiger partial charge in [-0.2, -0.15) is 0 Å². The average Bonchev–Trinajstić information content (AvgIpc) is 3.70. The molecule has 0 aliphatic heterocycles. The third kappa shape index (κ3) is 4.10. The van der Waals surface area contributed by atoms with Gasteiger partial charge in [0.15, 0.2) is 0 Å². The molecule has 29 heavy (non-hydrogen) atoms. The van der Waals surface area contributed by atoms with Crippen LogP contribution >= 0.6 is 0 Å². The largest absolute Gasteiger partial charge is 0.312 e. The summed E-state index contributed by atoms with van der Waals surface area (Å²) in [6, 6.07) is 29.0. The monoisotopic (exact) mass is 382 g/mol. The van der Waals surface area contributed by atoms with Crippen molar-refractivity contribution in [3.05, 3.63) is 90.5 Å². The quantitative estimate of drug-likeness (QED) is 0.614. The van der Waals surface area contributed by atoms with Gasteiger partial charge in [-0.05, 0) is 67.1 Å². The Bertz CT molecular complexity index is 965. The minimum atomic E-state index is 0.0801. The fourth-order valence-electron chi connectivity index (χ4n) is 3.95. The highest BCUT2D eigenvalue weighted by Crippen LogP contribution is 2.35. The van der Waals surface area contributed by atoms with E-state index in [1.165, 1.54) is 12.8 Å². The Morgan fingerprint density at radius 2 is 1.45 bits per heavy atom. The molecule has 2 atom stereocenters. The summed E-state index contributed by atoms with van der Waals surface area (Å²) >= 11 is 0. The first-order valence-electron chi connectivity index (χ1n) is 10.6. The Labute approximate surface area is 172 Å². The van der Waals surface area contributed by atoms with Gasteiger partial charge in [-0.15, -0.1) is 0 Å². The van der Waals surface area contributed by atoms with Gasteiger partial charge in [0.2, 0.25) is 0 Å². The topological polar surface area (TPSA) is 32.3 Å². The third-order valence-electron chi connectivity index (χ3n) is 5.95. The van der Waals surface area contributed by atoms with E-state index in [9.17, 15) is 4.79 Å². The summed E-state index contributed by atoms with van der Waals surface area (Å²) in [6.45, 7) is 1.09. The Kier molecular flexibility index (Phi) is 4.91. The number of carbonyl (C=O) groups is 1. The van der Waals surface area contributed by atoms with Gasteiger partial charge in [0.25, 0.3) is 5.91 Å². The molecule has 5 rings (SSSR count). The van der Waals surface area contributed by atoms with Crippen LogP contribution in [0.3, 0.4) is 0 Å². The molecule has 0 spiro atoms. The lowest BCUT2D eigenvalue weighted by atomic mass is 10.0. The lowest BCUT2D eigenvalue weighted by molar-refractivity contribution is 0.0984. The van der Waals surface area contributed by atoms with Crippen LogP contribution in [0.15, 0.2) is 84.9 Å². The van der Waals surface area contributed by atoms with Crippen LogP contribution in [0.25, 0.3) is 11.1 Å².